The molecule has 0 atom stereocenters. The number of aliphatic imine (C=N–C) groups is 1. The largest absolute Gasteiger partial charge is 0.496 e. The van der Waals surface area contributed by atoms with E-state index in [1.807, 2.05) is 30.3 Å². The summed E-state index contributed by atoms with van der Waals surface area (Å²) >= 11 is 0. The van der Waals surface area contributed by atoms with Gasteiger partial charge < -0.3 is 15.4 Å². The lowest BCUT2D eigenvalue weighted by Gasteiger charge is -2.21. The Morgan fingerprint density at radius 3 is 2.38 bits per heavy atom. The molecule has 2 aromatic carbocycles. The molecular formula is C21H28IN3O. The van der Waals surface area contributed by atoms with Crippen LogP contribution in [0.2, 0.25) is 0 Å². The molecule has 0 radical (unpaired) electrons. The molecule has 2 aromatic rings. The lowest BCUT2D eigenvalue weighted by Crippen LogP contribution is -2.41. The minimum atomic E-state index is 0. The first kappa shape index (κ1) is 20.6. The maximum absolute atomic E-state index is 5.56. The van der Waals surface area contributed by atoms with Crippen molar-refractivity contribution in [1.82, 2.24) is 10.6 Å². The van der Waals surface area contributed by atoms with Gasteiger partial charge in [-0.2, -0.15) is 0 Å². The zero-order valence-electron chi connectivity index (χ0n) is 15.5. The first-order chi connectivity index (χ1) is 12.3. The van der Waals surface area contributed by atoms with Crippen molar-refractivity contribution >= 4 is 29.9 Å². The van der Waals surface area contributed by atoms with Gasteiger partial charge in [0.05, 0.1) is 13.7 Å². The van der Waals surface area contributed by atoms with Crippen molar-refractivity contribution in [2.45, 2.75) is 31.7 Å². The number of nitrogens with zero attached hydrogens (tertiary/aromatic N) is 1. The zero-order valence-corrected chi connectivity index (χ0v) is 17.8. The number of nitrogens with one attached hydrogen (secondary N) is 2. The highest BCUT2D eigenvalue weighted by Gasteiger charge is 2.46. The number of halogens is 1. The maximum atomic E-state index is 5.56. The van der Waals surface area contributed by atoms with Gasteiger partial charge in [0, 0.05) is 24.1 Å². The number of para-hydroxylation sites is 1. The number of methoxy groups -OCH3 is 1. The SMILES string of the molecule is CCNC(=NCc1ccccc1)NCC1(c2ccccc2OC)CC1.I. The van der Waals surface area contributed by atoms with E-state index in [1.165, 1.54) is 24.0 Å². The van der Waals surface area contributed by atoms with E-state index in [4.69, 9.17) is 9.73 Å². The fourth-order valence-corrected chi connectivity index (χ4v) is 3.12. The summed E-state index contributed by atoms with van der Waals surface area (Å²) in [4.78, 5) is 4.71. The zero-order chi connectivity index (χ0) is 17.5. The van der Waals surface area contributed by atoms with Crippen LogP contribution in [0.25, 0.3) is 0 Å². The molecule has 0 spiro atoms. The second kappa shape index (κ2) is 9.80. The summed E-state index contributed by atoms with van der Waals surface area (Å²) in [5, 5.41) is 6.87. The molecule has 0 heterocycles. The van der Waals surface area contributed by atoms with Crippen LogP contribution >= 0.6 is 24.0 Å². The quantitative estimate of drug-likeness (QED) is 0.368. The molecule has 3 rings (SSSR count). The normalized spacial score (nSPS) is 14.9. The van der Waals surface area contributed by atoms with Gasteiger partial charge in [0.15, 0.2) is 5.96 Å². The van der Waals surface area contributed by atoms with Crippen molar-refractivity contribution in [3.63, 3.8) is 0 Å². The molecule has 0 aliphatic heterocycles. The predicted molar refractivity (Wildman–Crippen MR) is 119 cm³/mol. The molecule has 1 saturated carbocycles. The summed E-state index contributed by atoms with van der Waals surface area (Å²) in [5.41, 5.74) is 2.67. The molecule has 140 valence electrons. The maximum Gasteiger partial charge on any atom is 0.191 e. The molecule has 0 unspecified atom stereocenters. The third-order valence-electron chi connectivity index (χ3n) is 4.73. The van der Waals surface area contributed by atoms with Gasteiger partial charge in [-0.25, -0.2) is 4.99 Å². The van der Waals surface area contributed by atoms with E-state index in [0.717, 1.165) is 24.8 Å². The first-order valence-electron chi connectivity index (χ1n) is 8.97. The van der Waals surface area contributed by atoms with Gasteiger partial charge in [-0.15, -0.1) is 24.0 Å². The molecule has 1 aliphatic carbocycles. The highest BCUT2D eigenvalue weighted by atomic mass is 127. The number of hydrogen-bond acceptors (Lipinski definition) is 2. The Bertz CT molecular complexity index is 714. The minimum Gasteiger partial charge on any atom is -0.496 e. The molecule has 2 N–H and O–H groups in total. The van der Waals surface area contributed by atoms with Gasteiger partial charge in [-0.3, -0.25) is 0 Å². The van der Waals surface area contributed by atoms with Gasteiger partial charge in [0.2, 0.25) is 0 Å². The summed E-state index contributed by atoms with van der Waals surface area (Å²) in [6.45, 7) is 4.49. The van der Waals surface area contributed by atoms with Crippen LogP contribution in [0, 0.1) is 0 Å². The van der Waals surface area contributed by atoms with E-state index >= 15 is 0 Å². The first-order valence-corrected chi connectivity index (χ1v) is 8.97. The minimum absolute atomic E-state index is 0. The number of ether oxygens (including phenoxy) is 1. The van der Waals surface area contributed by atoms with Crippen LogP contribution in [0.15, 0.2) is 59.6 Å². The summed E-state index contributed by atoms with van der Waals surface area (Å²) < 4.78 is 5.56. The van der Waals surface area contributed by atoms with E-state index in [0.29, 0.717) is 6.54 Å². The van der Waals surface area contributed by atoms with Crippen LogP contribution in [0.5, 0.6) is 5.75 Å². The molecule has 5 heteroatoms. The Labute approximate surface area is 173 Å². The summed E-state index contributed by atoms with van der Waals surface area (Å²) in [6.07, 6.45) is 2.36. The predicted octanol–water partition coefficient (Wildman–Crippen LogP) is 4.10. The lowest BCUT2D eigenvalue weighted by molar-refractivity contribution is 0.403. The van der Waals surface area contributed by atoms with E-state index in [9.17, 15) is 0 Å². The van der Waals surface area contributed by atoms with Crippen molar-refractivity contribution in [2.24, 2.45) is 4.99 Å². The van der Waals surface area contributed by atoms with Gasteiger partial charge in [-0.1, -0.05) is 48.5 Å². The van der Waals surface area contributed by atoms with E-state index < -0.39 is 0 Å². The monoisotopic (exact) mass is 465 g/mol. The summed E-state index contributed by atoms with van der Waals surface area (Å²) in [5.74, 6) is 1.85. The van der Waals surface area contributed by atoms with Crippen LogP contribution in [0.3, 0.4) is 0 Å². The Morgan fingerprint density at radius 2 is 1.73 bits per heavy atom. The Hall–Kier alpha value is -1.76. The van der Waals surface area contributed by atoms with Crippen molar-refractivity contribution in [3.05, 3.63) is 65.7 Å². The van der Waals surface area contributed by atoms with E-state index in [1.54, 1.807) is 7.11 Å². The number of guanidine groups is 1. The standard InChI is InChI=1S/C21H27N3O.HI/c1-3-22-20(23-15-17-9-5-4-6-10-17)24-16-21(13-14-21)18-11-7-8-12-19(18)25-2;/h4-12H,3,13-16H2,1-2H3,(H2,22,23,24);1H. The van der Waals surface area contributed by atoms with Gasteiger partial charge in [-0.05, 0) is 31.4 Å². The van der Waals surface area contributed by atoms with Crippen molar-refractivity contribution in [1.29, 1.82) is 0 Å². The van der Waals surface area contributed by atoms with Crippen LogP contribution in [-0.2, 0) is 12.0 Å². The van der Waals surface area contributed by atoms with Gasteiger partial charge in [0.25, 0.3) is 0 Å². The third-order valence-corrected chi connectivity index (χ3v) is 4.73. The molecule has 0 bridgehead atoms. The fourth-order valence-electron chi connectivity index (χ4n) is 3.12. The Morgan fingerprint density at radius 1 is 1.04 bits per heavy atom. The van der Waals surface area contributed by atoms with Gasteiger partial charge in [0.1, 0.15) is 5.75 Å². The number of hydrogen-bond donors (Lipinski definition) is 2. The molecule has 1 fully saturated rings. The van der Waals surface area contributed by atoms with Crippen molar-refractivity contribution < 1.29 is 4.74 Å². The third kappa shape index (κ3) is 5.13. The highest BCUT2D eigenvalue weighted by Crippen LogP contribution is 2.50. The van der Waals surface area contributed by atoms with Crippen LogP contribution in [0.1, 0.15) is 30.9 Å². The molecule has 26 heavy (non-hydrogen) atoms. The topological polar surface area (TPSA) is 45.7 Å². The molecule has 4 nitrogen and oxygen atoms in total. The number of benzene rings is 2. The molecule has 0 aromatic heterocycles. The molecule has 0 saturated heterocycles. The smallest absolute Gasteiger partial charge is 0.191 e. The Balaban J connectivity index is 0.00000243. The van der Waals surface area contributed by atoms with Crippen molar-refractivity contribution in [2.75, 3.05) is 20.2 Å². The van der Waals surface area contributed by atoms with Gasteiger partial charge >= 0.3 is 0 Å². The van der Waals surface area contributed by atoms with Crippen LogP contribution in [0.4, 0.5) is 0 Å². The number of rotatable bonds is 7. The van der Waals surface area contributed by atoms with E-state index in [2.05, 4.69) is 41.8 Å². The van der Waals surface area contributed by atoms with E-state index in [-0.39, 0.29) is 29.4 Å². The average molecular weight is 465 g/mol. The highest BCUT2D eigenvalue weighted by molar-refractivity contribution is 14.0. The Kier molecular flexibility index (Phi) is 7.75. The lowest BCUT2D eigenvalue weighted by atomic mass is 9.95. The second-order valence-corrected chi connectivity index (χ2v) is 6.51. The molecule has 0 amide bonds. The second-order valence-electron chi connectivity index (χ2n) is 6.51. The van der Waals surface area contributed by atoms with Crippen LogP contribution < -0.4 is 15.4 Å². The fraction of sp³-hybridized carbons (Fsp3) is 0.381. The summed E-state index contributed by atoms with van der Waals surface area (Å²) in [6, 6.07) is 18.7. The summed E-state index contributed by atoms with van der Waals surface area (Å²) in [7, 11) is 1.74. The molecular weight excluding hydrogens is 437 g/mol. The average Bonchev–Trinajstić information content (AvgIpc) is 3.46. The van der Waals surface area contributed by atoms with Crippen molar-refractivity contribution in [3.8, 4) is 5.75 Å². The molecule has 1 aliphatic rings. The van der Waals surface area contributed by atoms with Crippen LogP contribution in [-0.4, -0.2) is 26.2 Å².